The van der Waals surface area contributed by atoms with Crippen LogP contribution in [0.1, 0.15) is 13.3 Å². The van der Waals surface area contributed by atoms with Crippen molar-refractivity contribution in [2.45, 2.75) is 19.4 Å². The van der Waals surface area contributed by atoms with Crippen LogP contribution in [0, 0.1) is 0 Å². The number of nitrogens with one attached hydrogen (secondary N) is 1. The fourth-order valence-corrected chi connectivity index (χ4v) is 1.74. The lowest BCUT2D eigenvalue weighted by molar-refractivity contribution is 0.306. The van der Waals surface area contributed by atoms with Crippen molar-refractivity contribution in [1.82, 2.24) is 5.32 Å². The first kappa shape index (κ1) is 14.1. The quantitative estimate of drug-likeness (QED) is 0.574. The van der Waals surface area contributed by atoms with Gasteiger partial charge in [0.05, 0.1) is 7.11 Å². The van der Waals surface area contributed by atoms with E-state index in [1.54, 1.807) is 7.11 Å². The number of halogens is 1. The molecule has 0 saturated heterocycles. The number of methoxy groups -OCH3 is 1. The molecule has 0 amide bonds. The van der Waals surface area contributed by atoms with Gasteiger partial charge in [-0.15, -0.1) is 11.6 Å². The molecule has 3 nitrogen and oxygen atoms in total. The molecule has 1 aromatic carbocycles. The molecular weight excluding hydrogens is 238 g/mol. The first-order valence-electron chi connectivity index (χ1n) is 5.86. The molecule has 1 atom stereocenters. The van der Waals surface area contributed by atoms with E-state index in [9.17, 15) is 0 Å². The topological polar surface area (TPSA) is 30.5 Å². The molecular formula is C13H20ClNO2. The second-order valence-electron chi connectivity index (χ2n) is 3.74. The van der Waals surface area contributed by atoms with Gasteiger partial charge in [-0.3, -0.25) is 0 Å². The molecule has 96 valence electrons. The third kappa shape index (κ3) is 5.29. The molecule has 0 aromatic heterocycles. The van der Waals surface area contributed by atoms with Crippen LogP contribution in [0.25, 0.3) is 0 Å². The maximum absolute atomic E-state index is 5.78. The largest absolute Gasteiger partial charge is 0.497 e. The number of hydrogen-bond acceptors (Lipinski definition) is 3. The molecule has 0 heterocycles. The van der Waals surface area contributed by atoms with Gasteiger partial charge < -0.3 is 14.8 Å². The Morgan fingerprint density at radius 2 is 1.88 bits per heavy atom. The van der Waals surface area contributed by atoms with Crippen molar-refractivity contribution in [3.05, 3.63) is 24.3 Å². The highest BCUT2D eigenvalue weighted by atomic mass is 35.5. The van der Waals surface area contributed by atoms with Crippen LogP contribution < -0.4 is 14.8 Å². The fraction of sp³-hybridized carbons (Fsp3) is 0.538. The van der Waals surface area contributed by atoms with Crippen LogP contribution >= 0.6 is 11.6 Å². The zero-order valence-electron chi connectivity index (χ0n) is 10.4. The molecule has 0 spiro atoms. The first-order chi connectivity index (χ1) is 8.30. The van der Waals surface area contributed by atoms with Crippen LogP contribution in [-0.2, 0) is 0 Å². The third-order valence-corrected chi connectivity index (χ3v) is 2.91. The van der Waals surface area contributed by atoms with Crippen LogP contribution in [0.15, 0.2) is 24.3 Å². The number of benzene rings is 1. The third-order valence-electron chi connectivity index (χ3n) is 2.54. The number of hydrogen-bond donors (Lipinski definition) is 1. The van der Waals surface area contributed by atoms with Gasteiger partial charge in [0, 0.05) is 18.5 Å². The maximum atomic E-state index is 5.78. The standard InChI is InChI=1S/C13H20ClNO2/c1-3-11(10-14)15-8-9-17-13-6-4-12(16-2)5-7-13/h4-7,11,15H,3,8-10H2,1-2H3. The lowest BCUT2D eigenvalue weighted by atomic mass is 10.2. The zero-order valence-corrected chi connectivity index (χ0v) is 11.2. The Morgan fingerprint density at radius 3 is 2.41 bits per heavy atom. The highest BCUT2D eigenvalue weighted by Crippen LogP contribution is 2.16. The summed E-state index contributed by atoms with van der Waals surface area (Å²) in [6.07, 6.45) is 1.03. The van der Waals surface area contributed by atoms with Gasteiger partial charge in [-0.2, -0.15) is 0 Å². The number of alkyl halides is 1. The summed E-state index contributed by atoms with van der Waals surface area (Å²) in [4.78, 5) is 0. The van der Waals surface area contributed by atoms with Gasteiger partial charge >= 0.3 is 0 Å². The van der Waals surface area contributed by atoms with Crippen molar-refractivity contribution in [2.75, 3.05) is 26.1 Å². The summed E-state index contributed by atoms with van der Waals surface area (Å²) in [5.74, 6) is 2.33. The number of rotatable bonds is 8. The lowest BCUT2D eigenvalue weighted by Crippen LogP contribution is -2.33. The molecule has 1 rings (SSSR count). The highest BCUT2D eigenvalue weighted by Gasteiger charge is 2.02. The molecule has 17 heavy (non-hydrogen) atoms. The molecule has 1 N–H and O–H groups in total. The number of ether oxygens (including phenoxy) is 2. The van der Waals surface area contributed by atoms with Crippen molar-refractivity contribution >= 4 is 11.6 Å². The van der Waals surface area contributed by atoms with Gasteiger partial charge in [-0.05, 0) is 30.7 Å². The van der Waals surface area contributed by atoms with Crippen molar-refractivity contribution in [1.29, 1.82) is 0 Å². The van der Waals surface area contributed by atoms with E-state index < -0.39 is 0 Å². The van der Waals surface area contributed by atoms with E-state index in [2.05, 4.69) is 12.2 Å². The van der Waals surface area contributed by atoms with Crippen LogP contribution in [0.5, 0.6) is 11.5 Å². The van der Waals surface area contributed by atoms with Crippen LogP contribution in [-0.4, -0.2) is 32.2 Å². The van der Waals surface area contributed by atoms with Gasteiger partial charge in [0.25, 0.3) is 0 Å². The van der Waals surface area contributed by atoms with E-state index in [1.165, 1.54) is 0 Å². The second-order valence-corrected chi connectivity index (χ2v) is 4.05. The minimum Gasteiger partial charge on any atom is -0.497 e. The molecule has 4 heteroatoms. The van der Waals surface area contributed by atoms with Gasteiger partial charge in [0.2, 0.25) is 0 Å². The average molecular weight is 258 g/mol. The molecule has 0 bridgehead atoms. The Kier molecular flexibility index (Phi) is 6.82. The smallest absolute Gasteiger partial charge is 0.119 e. The van der Waals surface area contributed by atoms with E-state index in [0.717, 1.165) is 24.5 Å². The summed E-state index contributed by atoms with van der Waals surface area (Å²) in [5, 5.41) is 3.33. The van der Waals surface area contributed by atoms with E-state index in [4.69, 9.17) is 21.1 Å². The van der Waals surface area contributed by atoms with Gasteiger partial charge in [0.15, 0.2) is 0 Å². The molecule has 1 unspecified atom stereocenters. The van der Waals surface area contributed by atoms with Gasteiger partial charge in [-0.25, -0.2) is 0 Å². The predicted octanol–water partition coefficient (Wildman–Crippen LogP) is 2.68. The fourth-order valence-electron chi connectivity index (χ4n) is 1.41. The van der Waals surface area contributed by atoms with Gasteiger partial charge in [0.1, 0.15) is 18.1 Å². The summed E-state index contributed by atoms with van der Waals surface area (Å²) >= 11 is 5.78. The van der Waals surface area contributed by atoms with Gasteiger partial charge in [-0.1, -0.05) is 6.92 Å². The summed E-state index contributed by atoms with van der Waals surface area (Å²) in [6.45, 7) is 3.56. The SMILES string of the molecule is CCC(CCl)NCCOc1ccc(OC)cc1. The maximum Gasteiger partial charge on any atom is 0.119 e. The molecule has 0 fully saturated rings. The Morgan fingerprint density at radius 1 is 1.24 bits per heavy atom. The Hall–Kier alpha value is -0.930. The summed E-state index contributed by atoms with van der Waals surface area (Å²) < 4.78 is 10.7. The zero-order chi connectivity index (χ0) is 12.5. The molecule has 0 saturated carbocycles. The van der Waals surface area contributed by atoms with E-state index in [0.29, 0.717) is 18.5 Å². The second kappa shape index (κ2) is 8.20. The molecule has 0 aliphatic carbocycles. The normalized spacial score (nSPS) is 12.2. The average Bonchev–Trinajstić information content (AvgIpc) is 2.40. The predicted molar refractivity (Wildman–Crippen MR) is 71.3 cm³/mol. The Labute approximate surface area is 108 Å². The summed E-state index contributed by atoms with van der Waals surface area (Å²) in [5.41, 5.74) is 0. The van der Waals surface area contributed by atoms with E-state index in [1.807, 2.05) is 24.3 Å². The first-order valence-corrected chi connectivity index (χ1v) is 6.39. The van der Waals surface area contributed by atoms with Crippen molar-refractivity contribution in [2.24, 2.45) is 0 Å². The minimum absolute atomic E-state index is 0.371. The van der Waals surface area contributed by atoms with Crippen molar-refractivity contribution in [3.63, 3.8) is 0 Å². The van der Waals surface area contributed by atoms with Crippen molar-refractivity contribution in [3.8, 4) is 11.5 Å². The highest BCUT2D eigenvalue weighted by molar-refractivity contribution is 6.18. The monoisotopic (exact) mass is 257 g/mol. The van der Waals surface area contributed by atoms with E-state index >= 15 is 0 Å². The molecule has 0 radical (unpaired) electrons. The molecule has 0 aliphatic heterocycles. The minimum atomic E-state index is 0.371. The van der Waals surface area contributed by atoms with Crippen LogP contribution in [0.4, 0.5) is 0 Å². The summed E-state index contributed by atoms with van der Waals surface area (Å²) in [6, 6.07) is 7.94. The van der Waals surface area contributed by atoms with Crippen LogP contribution in [0.2, 0.25) is 0 Å². The Balaban J connectivity index is 2.21. The van der Waals surface area contributed by atoms with Crippen molar-refractivity contribution < 1.29 is 9.47 Å². The van der Waals surface area contributed by atoms with Crippen LogP contribution in [0.3, 0.4) is 0 Å². The molecule has 1 aromatic rings. The summed E-state index contributed by atoms with van der Waals surface area (Å²) in [7, 11) is 1.65. The van der Waals surface area contributed by atoms with E-state index in [-0.39, 0.29) is 0 Å². The molecule has 0 aliphatic rings. The lowest BCUT2D eigenvalue weighted by Gasteiger charge is -2.14. The Bertz CT molecular complexity index is 299.